The Kier molecular flexibility index (Phi) is 5.91. The molecule has 0 aromatic heterocycles. The molecule has 1 aromatic rings. The summed E-state index contributed by atoms with van der Waals surface area (Å²) in [5.74, 6) is -0.341. The fourth-order valence-electron chi connectivity index (χ4n) is 2.40. The average molecular weight is 304 g/mol. The minimum Gasteiger partial charge on any atom is -0.351 e. The monoisotopic (exact) mass is 304 g/mol. The molecule has 1 aromatic carbocycles. The molecule has 1 aliphatic rings. The van der Waals surface area contributed by atoms with E-state index in [-0.39, 0.29) is 11.8 Å². The molecule has 1 aliphatic heterocycles. The van der Waals surface area contributed by atoms with Crippen molar-refractivity contribution in [2.45, 2.75) is 25.8 Å². The topological polar surface area (TPSA) is 87.5 Å². The Morgan fingerprint density at radius 2 is 1.86 bits per heavy atom. The second kappa shape index (κ2) is 7.91. The lowest BCUT2D eigenvalue weighted by Gasteiger charge is -2.14. The third-order valence-corrected chi connectivity index (χ3v) is 3.74. The van der Waals surface area contributed by atoms with E-state index in [0.717, 1.165) is 19.6 Å². The first-order valence-electron chi connectivity index (χ1n) is 7.73. The number of nitrogens with zero attached hydrogens (tertiary/aromatic N) is 1. The van der Waals surface area contributed by atoms with Crippen LogP contribution in [0.2, 0.25) is 0 Å². The highest BCUT2D eigenvalue weighted by molar-refractivity contribution is 5.96. The van der Waals surface area contributed by atoms with E-state index in [1.807, 2.05) is 0 Å². The van der Waals surface area contributed by atoms with E-state index in [2.05, 4.69) is 15.5 Å². The van der Waals surface area contributed by atoms with Gasteiger partial charge >= 0.3 is 0 Å². The molecule has 22 heavy (non-hydrogen) atoms. The van der Waals surface area contributed by atoms with Gasteiger partial charge in [0, 0.05) is 24.3 Å². The van der Waals surface area contributed by atoms with Gasteiger partial charge in [0.05, 0.1) is 6.04 Å². The van der Waals surface area contributed by atoms with Crippen molar-refractivity contribution in [2.24, 2.45) is 5.73 Å². The molecule has 1 heterocycles. The Morgan fingerprint density at radius 3 is 2.45 bits per heavy atom. The van der Waals surface area contributed by atoms with E-state index >= 15 is 0 Å². The fourth-order valence-corrected chi connectivity index (χ4v) is 2.40. The number of anilines is 1. The molecule has 0 spiro atoms. The van der Waals surface area contributed by atoms with Crippen molar-refractivity contribution in [3.63, 3.8) is 0 Å². The number of benzene rings is 1. The number of carbonyl (C=O) groups is 2. The van der Waals surface area contributed by atoms with Crippen LogP contribution in [-0.2, 0) is 4.79 Å². The van der Waals surface area contributed by atoms with Crippen LogP contribution in [0.15, 0.2) is 24.3 Å². The summed E-state index contributed by atoms with van der Waals surface area (Å²) in [4.78, 5) is 25.9. The van der Waals surface area contributed by atoms with E-state index < -0.39 is 6.04 Å². The molecule has 1 fully saturated rings. The lowest BCUT2D eigenvalue weighted by molar-refractivity contribution is -0.117. The second-order valence-electron chi connectivity index (χ2n) is 5.66. The van der Waals surface area contributed by atoms with Gasteiger partial charge in [-0.2, -0.15) is 0 Å². The molecule has 0 bridgehead atoms. The Balaban J connectivity index is 1.78. The zero-order valence-electron chi connectivity index (χ0n) is 13.0. The van der Waals surface area contributed by atoms with Crippen molar-refractivity contribution in [1.82, 2.24) is 10.2 Å². The first-order valence-corrected chi connectivity index (χ1v) is 7.73. The molecule has 0 aliphatic carbocycles. The summed E-state index contributed by atoms with van der Waals surface area (Å²) in [5.41, 5.74) is 6.71. The molecule has 1 saturated heterocycles. The van der Waals surface area contributed by atoms with Crippen molar-refractivity contribution in [2.75, 3.05) is 31.5 Å². The highest BCUT2D eigenvalue weighted by Crippen LogP contribution is 2.10. The average Bonchev–Trinajstić information content (AvgIpc) is 3.01. The number of carbonyl (C=O) groups excluding carboxylic acids is 2. The number of nitrogens with one attached hydrogen (secondary N) is 2. The summed E-state index contributed by atoms with van der Waals surface area (Å²) in [7, 11) is 0. The normalized spacial score (nSPS) is 16.3. The molecule has 2 amide bonds. The number of nitrogens with two attached hydrogens (primary N) is 1. The molecule has 0 saturated carbocycles. The Morgan fingerprint density at radius 1 is 1.23 bits per heavy atom. The quantitative estimate of drug-likeness (QED) is 0.725. The van der Waals surface area contributed by atoms with Crippen LogP contribution in [0.3, 0.4) is 0 Å². The lowest BCUT2D eigenvalue weighted by Crippen LogP contribution is -2.33. The van der Waals surface area contributed by atoms with Gasteiger partial charge in [0.2, 0.25) is 5.91 Å². The maximum Gasteiger partial charge on any atom is 0.251 e. The van der Waals surface area contributed by atoms with Gasteiger partial charge in [-0.15, -0.1) is 0 Å². The molecule has 2 rings (SSSR count). The maximum atomic E-state index is 12.0. The highest BCUT2D eigenvalue weighted by atomic mass is 16.2. The van der Waals surface area contributed by atoms with E-state index in [1.54, 1.807) is 31.2 Å². The number of hydrogen-bond donors (Lipinski definition) is 3. The van der Waals surface area contributed by atoms with Crippen LogP contribution in [0, 0.1) is 0 Å². The van der Waals surface area contributed by atoms with Crippen LogP contribution in [0.25, 0.3) is 0 Å². The Bertz CT molecular complexity index is 507. The number of rotatable bonds is 6. The smallest absolute Gasteiger partial charge is 0.251 e. The minimum atomic E-state index is -0.562. The van der Waals surface area contributed by atoms with E-state index in [0.29, 0.717) is 17.8 Å². The summed E-state index contributed by atoms with van der Waals surface area (Å²) < 4.78 is 0. The highest BCUT2D eigenvalue weighted by Gasteiger charge is 2.12. The summed E-state index contributed by atoms with van der Waals surface area (Å²) in [6.07, 6.45) is 2.51. The van der Waals surface area contributed by atoms with E-state index in [1.165, 1.54) is 12.8 Å². The van der Waals surface area contributed by atoms with Gasteiger partial charge in [-0.1, -0.05) is 0 Å². The summed E-state index contributed by atoms with van der Waals surface area (Å²) in [6.45, 7) is 5.43. The maximum absolute atomic E-state index is 12.0. The van der Waals surface area contributed by atoms with Gasteiger partial charge in [0.25, 0.3) is 5.91 Å². The molecule has 6 heteroatoms. The van der Waals surface area contributed by atoms with E-state index in [4.69, 9.17) is 5.73 Å². The molecule has 1 unspecified atom stereocenters. The molecule has 1 atom stereocenters. The third-order valence-electron chi connectivity index (χ3n) is 3.74. The van der Waals surface area contributed by atoms with Gasteiger partial charge in [-0.05, 0) is 57.1 Å². The van der Waals surface area contributed by atoms with Gasteiger partial charge in [0.1, 0.15) is 0 Å². The number of amides is 2. The summed E-state index contributed by atoms with van der Waals surface area (Å²) in [6, 6.07) is 6.24. The second-order valence-corrected chi connectivity index (χ2v) is 5.66. The van der Waals surface area contributed by atoms with Crippen molar-refractivity contribution in [1.29, 1.82) is 0 Å². The van der Waals surface area contributed by atoms with Crippen LogP contribution in [-0.4, -0.2) is 48.9 Å². The SMILES string of the molecule is CC(N)C(=O)Nc1ccc(C(=O)NCCN2CCCC2)cc1. The largest absolute Gasteiger partial charge is 0.351 e. The van der Waals surface area contributed by atoms with Gasteiger partial charge in [-0.25, -0.2) is 0 Å². The Hall–Kier alpha value is -1.92. The Labute approximate surface area is 131 Å². The molecule has 120 valence electrons. The first-order chi connectivity index (χ1) is 10.6. The molecule has 6 nitrogen and oxygen atoms in total. The minimum absolute atomic E-state index is 0.0933. The van der Waals surface area contributed by atoms with Crippen LogP contribution < -0.4 is 16.4 Å². The van der Waals surface area contributed by atoms with Crippen molar-refractivity contribution in [3.05, 3.63) is 29.8 Å². The van der Waals surface area contributed by atoms with Crippen molar-refractivity contribution >= 4 is 17.5 Å². The standard InChI is InChI=1S/C16H24N4O2/c1-12(17)15(21)19-14-6-4-13(5-7-14)16(22)18-8-11-20-9-2-3-10-20/h4-7,12H,2-3,8-11,17H2,1H3,(H,18,22)(H,19,21). The zero-order chi connectivity index (χ0) is 15.9. The molecular weight excluding hydrogens is 280 g/mol. The summed E-state index contributed by atoms with van der Waals surface area (Å²) in [5, 5.41) is 5.60. The number of hydrogen-bond acceptors (Lipinski definition) is 4. The van der Waals surface area contributed by atoms with E-state index in [9.17, 15) is 9.59 Å². The van der Waals surface area contributed by atoms with Crippen LogP contribution >= 0.6 is 0 Å². The zero-order valence-corrected chi connectivity index (χ0v) is 13.0. The fraction of sp³-hybridized carbons (Fsp3) is 0.500. The van der Waals surface area contributed by atoms with Crippen LogP contribution in [0.4, 0.5) is 5.69 Å². The van der Waals surface area contributed by atoms with Crippen LogP contribution in [0.5, 0.6) is 0 Å². The van der Waals surface area contributed by atoms with Crippen molar-refractivity contribution < 1.29 is 9.59 Å². The van der Waals surface area contributed by atoms with Gasteiger partial charge in [-0.3, -0.25) is 9.59 Å². The molecular formula is C16H24N4O2. The van der Waals surface area contributed by atoms with Crippen molar-refractivity contribution in [3.8, 4) is 0 Å². The lowest BCUT2D eigenvalue weighted by atomic mass is 10.2. The molecule has 4 N–H and O–H groups in total. The first kappa shape index (κ1) is 16.5. The number of likely N-dealkylation sites (tertiary alicyclic amines) is 1. The molecule has 0 radical (unpaired) electrons. The van der Waals surface area contributed by atoms with Gasteiger partial charge in [0.15, 0.2) is 0 Å². The third kappa shape index (κ3) is 4.82. The predicted molar refractivity (Wildman–Crippen MR) is 86.7 cm³/mol. The van der Waals surface area contributed by atoms with Gasteiger partial charge < -0.3 is 21.3 Å². The summed E-state index contributed by atoms with van der Waals surface area (Å²) >= 11 is 0. The predicted octanol–water partition coefficient (Wildman–Crippen LogP) is 0.798. The van der Waals surface area contributed by atoms with Crippen LogP contribution in [0.1, 0.15) is 30.1 Å².